The summed E-state index contributed by atoms with van der Waals surface area (Å²) in [6.45, 7) is 0.357. The van der Waals surface area contributed by atoms with Crippen molar-refractivity contribution in [2.45, 2.75) is 30.9 Å². The van der Waals surface area contributed by atoms with Crippen molar-refractivity contribution in [1.82, 2.24) is 14.8 Å². The highest BCUT2D eigenvalue weighted by Crippen LogP contribution is 2.32. The van der Waals surface area contributed by atoms with Crippen molar-refractivity contribution in [1.29, 1.82) is 5.26 Å². The number of fused-ring (bicyclic) bond motifs is 1. The monoisotopic (exact) mass is 402 g/mol. The lowest BCUT2D eigenvalue weighted by atomic mass is 10.2. The van der Waals surface area contributed by atoms with Gasteiger partial charge in [0.25, 0.3) is 5.92 Å². The Bertz CT molecular complexity index is 1030. The predicted octanol–water partition coefficient (Wildman–Crippen LogP) is 1.74. The number of carbonyl (C=O) groups is 1. The van der Waals surface area contributed by atoms with Crippen molar-refractivity contribution in [2.75, 3.05) is 26.2 Å². The van der Waals surface area contributed by atoms with Gasteiger partial charge in [0.15, 0.2) is 0 Å². The van der Waals surface area contributed by atoms with Gasteiger partial charge in [0.2, 0.25) is 11.5 Å². The summed E-state index contributed by atoms with van der Waals surface area (Å²) in [4.78, 5) is 29.5. The Kier molecular flexibility index (Phi) is 4.96. The van der Waals surface area contributed by atoms with Gasteiger partial charge in [-0.15, -0.1) is 0 Å². The molecule has 4 rings (SSSR count). The average Bonchev–Trinajstić information content (AvgIpc) is 3.24. The van der Waals surface area contributed by atoms with Crippen LogP contribution in [0.25, 0.3) is 10.9 Å². The summed E-state index contributed by atoms with van der Waals surface area (Å²) in [6, 6.07) is 9.26. The number of rotatable bonds is 4. The molecule has 0 bridgehead atoms. The molecule has 3 heterocycles. The first-order valence-electron chi connectivity index (χ1n) is 9.43. The number of hydrogen-bond donors (Lipinski definition) is 1. The van der Waals surface area contributed by atoms with Gasteiger partial charge in [0, 0.05) is 31.0 Å². The molecule has 0 radical (unpaired) electrons. The highest BCUT2D eigenvalue weighted by atomic mass is 19.3. The van der Waals surface area contributed by atoms with Crippen LogP contribution in [-0.4, -0.2) is 64.9 Å². The lowest BCUT2D eigenvalue weighted by molar-refractivity contribution is -0.133. The van der Waals surface area contributed by atoms with Crippen LogP contribution in [0.1, 0.15) is 12.8 Å². The fourth-order valence-corrected chi connectivity index (χ4v) is 3.95. The van der Waals surface area contributed by atoms with Crippen LogP contribution < -0.4 is 10.3 Å². The normalized spacial score (nSPS) is 24.0. The van der Waals surface area contributed by atoms with E-state index in [9.17, 15) is 18.4 Å². The largest absolute Gasteiger partial charge is 0.488 e. The minimum atomic E-state index is -3.01. The fraction of sp³-hybridized carbons (Fsp3) is 0.450. The molecule has 7 nitrogen and oxygen atoms in total. The summed E-state index contributed by atoms with van der Waals surface area (Å²) in [7, 11) is 0. The summed E-state index contributed by atoms with van der Waals surface area (Å²) in [5, 5.41) is 9.84. The van der Waals surface area contributed by atoms with Crippen LogP contribution in [0.2, 0.25) is 0 Å². The molecule has 152 valence electrons. The smallest absolute Gasteiger partial charge is 0.268 e. The van der Waals surface area contributed by atoms with E-state index in [2.05, 4.69) is 4.98 Å². The predicted molar refractivity (Wildman–Crippen MR) is 101 cm³/mol. The van der Waals surface area contributed by atoms with Crippen molar-refractivity contribution in [2.24, 2.45) is 0 Å². The Balaban J connectivity index is 1.38. The van der Waals surface area contributed by atoms with E-state index in [0.717, 1.165) is 10.3 Å². The second-order valence-electron chi connectivity index (χ2n) is 7.53. The van der Waals surface area contributed by atoms with E-state index in [1.54, 1.807) is 24.3 Å². The Morgan fingerprint density at radius 2 is 2.17 bits per heavy atom. The van der Waals surface area contributed by atoms with E-state index >= 15 is 0 Å². The first-order valence-corrected chi connectivity index (χ1v) is 9.43. The molecule has 2 saturated heterocycles. The van der Waals surface area contributed by atoms with Gasteiger partial charge < -0.3 is 14.6 Å². The standard InChI is InChI=1S/C20H20F2N4O3/c21-20(22)8-13(9-23)26(12-20)19(28)11-25-7-6-14(10-25)29-17-3-1-2-16-15(17)4-5-18(27)24-16/h1-5,13-14H,6-8,10-12H2,(H,24,27)/t13-,14-/m0/s1. The van der Waals surface area contributed by atoms with Crippen LogP contribution in [0.5, 0.6) is 5.75 Å². The number of likely N-dealkylation sites (tertiary alicyclic amines) is 2. The number of ether oxygens (including phenoxy) is 1. The van der Waals surface area contributed by atoms with Gasteiger partial charge in [-0.1, -0.05) is 6.07 Å². The number of nitrogens with zero attached hydrogens (tertiary/aromatic N) is 3. The number of nitriles is 1. The summed E-state index contributed by atoms with van der Waals surface area (Å²) < 4.78 is 33.2. The number of aromatic nitrogens is 1. The number of alkyl halides is 2. The van der Waals surface area contributed by atoms with Crippen molar-refractivity contribution in [3.63, 3.8) is 0 Å². The molecule has 0 spiro atoms. The molecule has 2 aliphatic heterocycles. The minimum Gasteiger partial charge on any atom is -0.488 e. The average molecular weight is 402 g/mol. The second-order valence-corrected chi connectivity index (χ2v) is 7.53. The van der Waals surface area contributed by atoms with E-state index in [1.165, 1.54) is 6.07 Å². The Labute approximate surface area is 165 Å². The Morgan fingerprint density at radius 1 is 1.34 bits per heavy atom. The fourth-order valence-electron chi connectivity index (χ4n) is 3.95. The molecule has 0 unspecified atom stereocenters. The number of pyridine rings is 1. The van der Waals surface area contributed by atoms with Crippen molar-refractivity contribution >= 4 is 16.8 Å². The third kappa shape index (κ3) is 4.07. The van der Waals surface area contributed by atoms with E-state index in [1.807, 2.05) is 11.0 Å². The highest BCUT2D eigenvalue weighted by Gasteiger charge is 2.47. The number of carbonyl (C=O) groups excluding carboxylic acids is 1. The molecule has 2 fully saturated rings. The molecule has 0 aliphatic carbocycles. The molecule has 29 heavy (non-hydrogen) atoms. The van der Waals surface area contributed by atoms with E-state index < -0.39 is 30.8 Å². The van der Waals surface area contributed by atoms with Gasteiger partial charge in [0.05, 0.1) is 24.7 Å². The first kappa shape index (κ1) is 19.3. The van der Waals surface area contributed by atoms with Crippen molar-refractivity contribution in [3.05, 3.63) is 40.7 Å². The zero-order chi connectivity index (χ0) is 20.6. The second kappa shape index (κ2) is 7.44. The van der Waals surface area contributed by atoms with Crippen molar-refractivity contribution in [3.8, 4) is 11.8 Å². The van der Waals surface area contributed by atoms with Gasteiger partial charge in [-0.25, -0.2) is 8.78 Å². The van der Waals surface area contributed by atoms with Crippen molar-refractivity contribution < 1.29 is 18.3 Å². The van der Waals surface area contributed by atoms with Crippen LogP contribution in [-0.2, 0) is 4.79 Å². The molecule has 1 aromatic carbocycles. The molecule has 1 aromatic heterocycles. The third-order valence-electron chi connectivity index (χ3n) is 5.35. The molecular weight excluding hydrogens is 382 g/mol. The van der Waals surface area contributed by atoms with Crippen LogP contribution in [0.4, 0.5) is 8.78 Å². The number of aromatic amines is 1. The molecule has 1 N–H and O–H groups in total. The van der Waals surface area contributed by atoms with Crippen LogP contribution in [0.15, 0.2) is 35.1 Å². The van der Waals surface area contributed by atoms with E-state index in [4.69, 9.17) is 10.00 Å². The summed E-state index contributed by atoms with van der Waals surface area (Å²) in [6.07, 6.45) is -0.0817. The zero-order valence-electron chi connectivity index (χ0n) is 15.6. The topological polar surface area (TPSA) is 89.4 Å². The summed E-state index contributed by atoms with van der Waals surface area (Å²) in [5.74, 6) is -2.83. The van der Waals surface area contributed by atoms with E-state index in [-0.39, 0.29) is 18.2 Å². The van der Waals surface area contributed by atoms with Crippen LogP contribution in [0.3, 0.4) is 0 Å². The van der Waals surface area contributed by atoms with E-state index in [0.29, 0.717) is 30.8 Å². The zero-order valence-corrected chi connectivity index (χ0v) is 15.6. The first-order chi connectivity index (χ1) is 13.8. The maximum atomic E-state index is 13.6. The maximum absolute atomic E-state index is 13.6. The van der Waals surface area contributed by atoms with Gasteiger partial charge in [-0.2, -0.15) is 5.26 Å². The quantitative estimate of drug-likeness (QED) is 0.842. The summed E-state index contributed by atoms with van der Waals surface area (Å²) >= 11 is 0. The molecule has 2 aromatic rings. The maximum Gasteiger partial charge on any atom is 0.268 e. The summed E-state index contributed by atoms with van der Waals surface area (Å²) in [5.41, 5.74) is 0.487. The Hall–Kier alpha value is -2.99. The molecule has 0 saturated carbocycles. The van der Waals surface area contributed by atoms with Gasteiger partial charge >= 0.3 is 0 Å². The lowest BCUT2D eigenvalue weighted by Gasteiger charge is -2.23. The Morgan fingerprint density at radius 3 is 2.97 bits per heavy atom. The number of nitrogens with one attached hydrogen (secondary N) is 1. The van der Waals surface area contributed by atoms with Gasteiger partial charge in [0.1, 0.15) is 17.9 Å². The SMILES string of the molecule is N#C[C@@H]1CC(F)(F)CN1C(=O)CN1CC[C@H](Oc2cccc3[nH]c(=O)ccc23)C1. The molecular formula is C20H20F2N4O3. The molecule has 9 heteroatoms. The highest BCUT2D eigenvalue weighted by molar-refractivity contribution is 5.84. The molecule has 1 amide bonds. The number of halogens is 2. The lowest BCUT2D eigenvalue weighted by Crippen LogP contribution is -2.42. The third-order valence-corrected chi connectivity index (χ3v) is 5.35. The van der Waals surface area contributed by atoms with Crippen LogP contribution in [0, 0.1) is 11.3 Å². The number of H-pyrrole nitrogens is 1. The van der Waals surface area contributed by atoms with Crippen LogP contribution >= 0.6 is 0 Å². The number of benzene rings is 1. The van der Waals surface area contributed by atoms with Gasteiger partial charge in [-0.3, -0.25) is 14.5 Å². The van der Waals surface area contributed by atoms with Gasteiger partial charge in [-0.05, 0) is 24.6 Å². The number of hydrogen-bond acceptors (Lipinski definition) is 5. The molecule has 2 atom stereocenters. The minimum absolute atomic E-state index is 0.0169. The molecule has 2 aliphatic rings. The number of amides is 1.